The lowest BCUT2D eigenvalue weighted by Crippen LogP contribution is -2.47. The van der Waals surface area contributed by atoms with Crippen LogP contribution in [0.4, 0.5) is 11.5 Å². The number of hydrogen-bond acceptors (Lipinski definition) is 6. The van der Waals surface area contributed by atoms with E-state index in [0.717, 1.165) is 79.8 Å². The number of aromatic nitrogens is 2. The summed E-state index contributed by atoms with van der Waals surface area (Å²) in [4.78, 5) is 28.7. The number of piperazine rings is 1. The third-order valence-corrected chi connectivity index (χ3v) is 7.71. The highest BCUT2D eigenvalue weighted by atomic mass is 35.5. The number of amides is 1. The first kappa shape index (κ1) is 27.6. The smallest absolute Gasteiger partial charge is 0.253 e. The molecule has 0 unspecified atom stereocenters. The number of hydrogen-bond donors (Lipinski definition) is 0. The molecule has 1 aliphatic heterocycles. The Bertz CT molecular complexity index is 1200. The molecule has 0 atom stereocenters. The van der Waals surface area contributed by atoms with E-state index in [-0.39, 0.29) is 5.91 Å². The minimum absolute atomic E-state index is 0.0905. The van der Waals surface area contributed by atoms with Gasteiger partial charge in [-0.1, -0.05) is 73.1 Å². The zero-order chi connectivity index (χ0) is 26.2. The largest absolute Gasteiger partial charge is 0.367 e. The highest BCUT2D eigenvalue weighted by Crippen LogP contribution is 2.29. The maximum Gasteiger partial charge on any atom is 0.253 e. The summed E-state index contributed by atoms with van der Waals surface area (Å²) >= 11 is 14.3. The number of thioether (sulfide) groups is 1. The molecule has 1 aliphatic rings. The van der Waals surface area contributed by atoms with Crippen LogP contribution in [0.25, 0.3) is 0 Å². The second kappa shape index (κ2) is 13.4. The molecule has 3 aromatic rings. The zero-order valence-corrected chi connectivity index (χ0v) is 23.7. The van der Waals surface area contributed by atoms with Crippen molar-refractivity contribution < 1.29 is 4.79 Å². The summed E-state index contributed by atoms with van der Waals surface area (Å²) in [7, 11) is 0. The molecule has 1 saturated heterocycles. The van der Waals surface area contributed by atoms with E-state index in [2.05, 4.69) is 34.7 Å². The standard InChI is InChI=1S/C28H33Cl2N5OS/c1-3-12-35(13-4-2)27(36)22-9-7-8-21(18-22)20-37-28-31-25(30)19-26(32-28)34-16-14-33(15-17-34)24-11-6-5-10-23(24)29/h5-11,18-19H,3-4,12-17,20H2,1-2H3. The maximum atomic E-state index is 13.0. The highest BCUT2D eigenvalue weighted by Gasteiger charge is 2.21. The third kappa shape index (κ3) is 7.30. The van der Waals surface area contributed by atoms with Crippen LogP contribution in [0.1, 0.15) is 42.6 Å². The Morgan fingerprint density at radius 2 is 1.62 bits per heavy atom. The van der Waals surface area contributed by atoms with E-state index >= 15 is 0 Å². The number of carbonyl (C=O) groups excluding carboxylic acids is 1. The third-order valence-electron chi connectivity index (χ3n) is 6.27. The molecule has 37 heavy (non-hydrogen) atoms. The minimum atomic E-state index is 0.0905. The predicted octanol–water partition coefficient (Wildman–Crippen LogP) is 6.66. The predicted molar refractivity (Wildman–Crippen MR) is 155 cm³/mol. The van der Waals surface area contributed by atoms with Crippen LogP contribution >= 0.6 is 35.0 Å². The SMILES string of the molecule is CCCN(CCC)C(=O)c1cccc(CSc2nc(Cl)cc(N3CCN(c4ccccc4Cl)CC3)n2)c1. The van der Waals surface area contributed by atoms with Crippen molar-refractivity contribution in [1.82, 2.24) is 14.9 Å². The van der Waals surface area contributed by atoms with Crippen LogP contribution in [0.5, 0.6) is 0 Å². The van der Waals surface area contributed by atoms with E-state index in [1.165, 1.54) is 11.8 Å². The lowest BCUT2D eigenvalue weighted by atomic mass is 10.1. The van der Waals surface area contributed by atoms with Crippen LogP contribution in [-0.2, 0) is 5.75 Å². The molecule has 4 rings (SSSR count). The van der Waals surface area contributed by atoms with E-state index in [1.54, 1.807) is 0 Å². The number of benzene rings is 2. The Hall–Kier alpha value is -2.48. The van der Waals surface area contributed by atoms with Gasteiger partial charge in [-0.15, -0.1) is 0 Å². The Morgan fingerprint density at radius 1 is 0.919 bits per heavy atom. The van der Waals surface area contributed by atoms with Gasteiger partial charge in [0.05, 0.1) is 10.7 Å². The molecule has 2 heterocycles. The molecule has 6 nitrogen and oxygen atoms in total. The van der Waals surface area contributed by atoms with E-state index in [1.807, 2.05) is 53.4 Å². The Morgan fingerprint density at radius 3 is 2.32 bits per heavy atom. The first-order valence-electron chi connectivity index (χ1n) is 12.8. The number of carbonyl (C=O) groups is 1. The van der Waals surface area contributed by atoms with E-state index < -0.39 is 0 Å². The lowest BCUT2D eigenvalue weighted by molar-refractivity contribution is 0.0755. The average molecular weight is 559 g/mol. The van der Waals surface area contributed by atoms with Gasteiger partial charge in [-0.25, -0.2) is 9.97 Å². The van der Waals surface area contributed by atoms with Crippen molar-refractivity contribution in [3.8, 4) is 0 Å². The fourth-order valence-electron chi connectivity index (χ4n) is 4.48. The van der Waals surface area contributed by atoms with Crippen LogP contribution in [0, 0.1) is 0 Å². The van der Waals surface area contributed by atoms with E-state index in [4.69, 9.17) is 28.2 Å². The number of halogens is 2. The summed E-state index contributed by atoms with van der Waals surface area (Å²) in [5.74, 6) is 1.58. The normalized spacial score (nSPS) is 13.6. The molecular weight excluding hydrogens is 525 g/mol. The minimum Gasteiger partial charge on any atom is -0.367 e. The summed E-state index contributed by atoms with van der Waals surface area (Å²) in [5, 5.41) is 1.83. The fourth-order valence-corrected chi connectivity index (χ4v) is 5.76. The molecule has 0 bridgehead atoms. The summed E-state index contributed by atoms with van der Waals surface area (Å²) in [5.41, 5.74) is 2.85. The first-order chi connectivity index (χ1) is 18.0. The van der Waals surface area contributed by atoms with Gasteiger partial charge in [-0.05, 0) is 42.7 Å². The van der Waals surface area contributed by atoms with Crippen molar-refractivity contribution in [2.75, 3.05) is 49.1 Å². The van der Waals surface area contributed by atoms with Crippen LogP contribution < -0.4 is 9.80 Å². The molecule has 0 N–H and O–H groups in total. The van der Waals surface area contributed by atoms with Crippen molar-refractivity contribution in [3.05, 3.63) is 75.9 Å². The second-order valence-corrected chi connectivity index (χ2v) is 10.8. The monoisotopic (exact) mass is 557 g/mol. The van der Waals surface area contributed by atoms with Gasteiger partial charge in [-0.2, -0.15) is 0 Å². The van der Waals surface area contributed by atoms with Gasteiger partial charge in [-0.3, -0.25) is 4.79 Å². The van der Waals surface area contributed by atoms with Crippen molar-refractivity contribution >= 4 is 52.4 Å². The van der Waals surface area contributed by atoms with Crippen molar-refractivity contribution in [1.29, 1.82) is 0 Å². The van der Waals surface area contributed by atoms with Gasteiger partial charge in [0.2, 0.25) is 0 Å². The van der Waals surface area contributed by atoms with Crippen LogP contribution in [0.2, 0.25) is 10.2 Å². The number of para-hydroxylation sites is 1. The van der Waals surface area contributed by atoms with Gasteiger partial charge in [0, 0.05) is 56.7 Å². The number of nitrogens with zero attached hydrogens (tertiary/aromatic N) is 5. The summed E-state index contributed by atoms with van der Waals surface area (Å²) in [6.07, 6.45) is 1.90. The topological polar surface area (TPSA) is 52.6 Å². The summed E-state index contributed by atoms with van der Waals surface area (Å²) in [6.45, 7) is 9.08. The van der Waals surface area contributed by atoms with Crippen LogP contribution in [0.3, 0.4) is 0 Å². The van der Waals surface area contributed by atoms with Crippen LogP contribution in [-0.4, -0.2) is 60.0 Å². The maximum absolute atomic E-state index is 13.0. The molecule has 1 fully saturated rings. The summed E-state index contributed by atoms with van der Waals surface area (Å²) < 4.78 is 0. The van der Waals surface area contributed by atoms with Gasteiger partial charge in [0.1, 0.15) is 11.0 Å². The molecule has 1 amide bonds. The quantitative estimate of drug-likeness (QED) is 0.158. The summed E-state index contributed by atoms with van der Waals surface area (Å²) in [6, 6.07) is 17.6. The Labute approximate surface area is 234 Å². The molecule has 0 radical (unpaired) electrons. The number of anilines is 2. The van der Waals surface area contributed by atoms with Gasteiger partial charge in [0.15, 0.2) is 5.16 Å². The van der Waals surface area contributed by atoms with Gasteiger partial charge in [0.25, 0.3) is 5.91 Å². The van der Waals surface area contributed by atoms with Crippen molar-refractivity contribution in [2.45, 2.75) is 37.6 Å². The first-order valence-corrected chi connectivity index (χ1v) is 14.5. The Balaban J connectivity index is 1.39. The molecular formula is C28H33Cl2N5OS. The average Bonchev–Trinajstić information content (AvgIpc) is 2.92. The molecule has 0 spiro atoms. The molecule has 0 aliphatic carbocycles. The van der Waals surface area contributed by atoms with E-state index in [9.17, 15) is 4.79 Å². The molecule has 9 heteroatoms. The van der Waals surface area contributed by atoms with Gasteiger partial charge >= 0.3 is 0 Å². The van der Waals surface area contributed by atoms with Crippen molar-refractivity contribution in [2.24, 2.45) is 0 Å². The molecule has 1 aromatic heterocycles. The highest BCUT2D eigenvalue weighted by molar-refractivity contribution is 7.98. The zero-order valence-electron chi connectivity index (χ0n) is 21.4. The number of rotatable bonds is 10. The second-order valence-electron chi connectivity index (χ2n) is 9.04. The Kier molecular flexibility index (Phi) is 9.95. The molecule has 2 aromatic carbocycles. The molecule has 0 saturated carbocycles. The van der Waals surface area contributed by atoms with Gasteiger partial charge < -0.3 is 14.7 Å². The molecule has 196 valence electrons. The lowest BCUT2D eigenvalue weighted by Gasteiger charge is -2.37. The van der Waals surface area contributed by atoms with Crippen molar-refractivity contribution in [3.63, 3.8) is 0 Å². The fraction of sp³-hybridized carbons (Fsp3) is 0.393. The van der Waals surface area contributed by atoms with E-state index in [0.29, 0.717) is 16.1 Å². The van der Waals surface area contributed by atoms with Crippen LogP contribution in [0.15, 0.2) is 59.8 Å².